The minimum absolute atomic E-state index is 0.0213. The molecule has 5 heteroatoms. The predicted molar refractivity (Wildman–Crippen MR) is 82.2 cm³/mol. The molecule has 3 N–H and O–H groups in total. The van der Waals surface area contributed by atoms with E-state index in [0.29, 0.717) is 17.2 Å². The molecule has 1 fully saturated rings. The van der Waals surface area contributed by atoms with Gasteiger partial charge in [0.1, 0.15) is 0 Å². The van der Waals surface area contributed by atoms with Crippen molar-refractivity contribution < 1.29 is 9.59 Å². The Labute approximate surface area is 125 Å². The van der Waals surface area contributed by atoms with Crippen molar-refractivity contribution in [3.8, 4) is 0 Å². The molecule has 114 valence electrons. The van der Waals surface area contributed by atoms with Crippen LogP contribution in [0.1, 0.15) is 46.9 Å². The van der Waals surface area contributed by atoms with Gasteiger partial charge in [0, 0.05) is 30.3 Å². The number of carbonyl (C=O) groups excluding carboxylic acids is 2. The zero-order valence-electron chi connectivity index (χ0n) is 12.5. The maximum absolute atomic E-state index is 12.4. The van der Waals surface area contributed by atoms with Gasteiger partial charge in [0.15, 0.2) is 0 Å². The summed E-state index contributed by atoms with van der Waals surface area (Å²) >= 11 is 0. The Kier molecular flexibility index (Phi) is 5.33. The highest BCUT2D eigenvalue weighted by atomic mass is 16.2. The normalized spacial score (nSPS) is 16.0. The fraction of sp³-hybridized carbons (Fsp3) is 0.500. The molecular formula is C16H23N3O2. The Morgan fingerprint density at radius 2 is 1.95 bits per heavy atom. The lowest BCUT2D eigenvalue weighted by Crippen LogP contribution is -2.45. The van der Waals surface area contributed by atoms with Gasteiger partial charge in [-0.15, -0.1) is 0 Å². The van der Waals surface area contributed by atoms with Crippen molar-refractivity contribution in [1.82, 2.24) is 10.2 Å². The molecule has 0 aliphatic carbocycles. The molecule has 1 heterocycles. The highest BCUT2D eigenvalue weighted by molar-refractivity contribution is 5.99. The number of hydrogen-bond acceptors (Lipinski definition) is 3. The smallest absolute Gasteiger partial charge is 0.253 e. The van der Waals surface area contributed by atoms with Crippen LogP contribution >= 0.6 is 0 Å². The number of nitrogens with one attached hydrogen (secondary N) is 1. The van der Waals surface area contributed by atoms with E-state index in [0.717, 1.165) is 38.9 Å². The average molecular weight is 289 g/mol. The van der Waals surface area contributed by atoms with Crippen LogP contribution in [0.3, 0.4) is 0 Å². The van der Waals surface area contributed by atoms with Gasteiger partial charge in [0.25, 0.3) is 5.91 Å². The van der Waals surface area contributed by atoms with Gasteiger partial charge in [0.2, 0.25) is 5.91 Å². The van der Waals surface area contributed by atoms with Gasteiger partial charge < -0.3 is 16.0 Å². The second kappa shape index (κ2) is 7.22. The van der Waals surface area contributed by atoms with E-state index in [4.69, 9.17) is 5.73 Å². The summed E-state index contributed by atoms with van der Waals surface area (Å²) in [5, 5.41) is 3.50. The average Bonchev–Trinajstić information content (AvgIpc) is 2.53. The van der Waals surface area contributed by atoms with E-state index in [1.165, 1.54) is 0 Å². The van der Waals surface area contributed by atoms with E-state index >= 15 is 0 Å². The SMILES string of the molecule is CCCNC1CCN(C(=O)c2cccc(C(N)=O)c2)CC1. The van der Waals surface area contributed by atoms with Crippen molar-refractivity contribution in [1.29, 1.82) is 0 Å². The summed E-state index contributed by atoms with van der Waals surface area (Å²) in [4.78, 5) is 25.5. The van der Waals surface area contributed by atoms with E-state index in [1.54, 1.807) is 24.3 Å². The monoisotopic (exact) mass is 289 g/mol. The van der Waals surface area contributed by atoms with Crippen molar-refractivity contribution in [3.05, 3.63) is 35.4 Å². The van der Waals surface area contributed by atoms with Crippen molar-refractivity contribution in [2.75, 3.05) is 19.6 Å². The number of benzene rings is 1. The Morgan fingerprint density at radius 3 is 2.57 bits per heavy atom. The van der Waals surface area contributed by atoms with Crippen LogP contribution in [0.25, 0.3) is 0 Å². The molecule has 0 bridgehead atoms. The standard InChI is InChI=1S/C16H23N3O2/c1-2-8-18-14-6-9-19(10-7-14)16(21)13-5-3-4-12(11-13)15(17)20/h3-5,11,14,18H,2,6-10H2,1H3,(H2,17,20). The maximum Gasteiger partial charge on any atom is 0.253 e. The fourth-order valence-corrected chi connectivity index (χ4v) is 2.62. The van der Waals surface area contributed by atoms with E-state index in [-0.39, 0.29) is 5.91 Å². The number of primary amides is 1. The van der Waals surface area contributed by atoms with Crippen LogP contribution in [0.2, 0.25) is 0 Å². The van der Waals surface area contributed by atoms with Gasteiger partial charge >= 0.3 is 0 Å². The Morgan fingerprint density at radius 1 is 1.29 bits per heavy atom. The highest BCUT2D eigenvalue weighted by Crippen LogP contribution is 2.15. The van der Waals surface area contributed by atoms with Gasteiger partial charge in [-0.2, -0.15) is 0 Å². The Hall–Kier alpha value is -1.88. The van der Waals surface area contributed by atoms with Crippen molar-refractivity contribution >= 4 is 11.8 Å². The molecule has 2 amide bonds. The van der Waals surface area contributed by atoms with Crippen molar-refractivity contribution in [3.63, 3.8) is 0 Å². The van der Waals surface area contributed by atoms with E-state index in [1.807, 2.05) is 4.90 Å². The Bertz CT molecular complexity index is 508. The molecule has 1 aliphatic rings. The molecule has 2 rings (SSSR count). The zero-order valence-corrected chi connectivity index (χ0v) is 12.5. The third-order valence-corrected chi connectivity index (χ3v) is 3.86. The summed E-state index contributed by atoms with van der Waals surface area (Å²) in [5.74, 6) is -0.529. The van der Waals surface area contributed by atoms with Crippen LogP contribution in [0.4, 0.5) is 0 Å². The third kappa shape index (κ3) is 4.04. The predicted octanol–water partition coefficient (Wildman–Crippen LogP) is 1.39. The summed E-state index contributed by atoms with van der Waals surface area (Å²) in [5.41, 5.74) is 6.16. The minimum atomic E-state index is -0.507. The van der Waals surface area contributed by atoms with Crippen LogP contribution < -0.4 is 11.1 Å². The van der Waals surface area contributed by atoms with Crippen molar-refractivity contribution in [2.45, 2.75) is 32.2 Å². The number of hydrogen-bond donors (Lipinski definition) is 2. The molecule has 1 aromatic rings. The number of rotatable bonds is 5. The van der Waals surface area contributed by atoms with Crippen LogP contribution in [0.15, 0.2) is 24.3 Å². The molecule has 1 aliphatic heterocycles. The minimum Gasteiger partial charge on any atom is -0.366 e. The van der Waals surface area contributed by atoms with Gasteiger partial charge in [0.05, 0.1) is 0 Å². The van der Waals surface area contributed by atoms with Gasteiger partial charge in [-0.05, 0) is 44.0 Å². The van der Waals surface area contributed by atoms with Crippen LogP contribution in [-0.4, -0.2) is 42.4 Å². The maximum atomic E-state index is 12.4. The second-order valence-corrected chi connectivity index (χ2v) is 5.47. The van der Waals surface area contributed by atoms with E-state index < -0.39 is 5.91 Å². The number of likely N-dealkylation sites (tertiary alicyclic amines) is 1. The molecule has 1 saturated heterocycles. The first kappa shape index (κ1) is 15.5. The van der Waals surface area contributed by atoms with Gasteiger partial charge in [-0.3, -0.25) is 9.59 Å². The van der Waals surface area contributed by atoms with E-state index in [2.05, 4.69) is 12.2 Å². The molecule has 0 radical (unpaired) electrons. The number of carbonyl (C=O) groups is 2. The summed E-state index contributed by atoms with van der Waals surface area (Å²) in [6, 6.07) is 7.14. The molecule has 0 spiro atoms. The molecule has 0 saturated carbocycles. The first-order chi connectivity index (χ1) is 10.1. The van der Waals surface area contributed by atoms with Crippen LogP contribution in [0.5, 0.6) is 0 Å². The molecule has 0 atom stereocenters. The van der Waals surface area contributed by atoms with Crippen molar-refractivity contribution in [2.24, 2.45) is 5.73 Å². The molecule has 0 unspecified atom stereocenters. The second-order valence-electron chi connectivity index (χ2n) is 5.47. The number of piperidine rings is 1. The van der Waals surface area contributed by atoms with Gasteiger partial charge in [-0.1, -0.05) is 13.0 Å². The van der Waals surface area contributed by atoms with Crippen LogP contribution in [0, 0.1) is 0 Å². The molecule has 21 heavy (non-hydrogen) atoms. The summed E-state index contributed by atoms with van der Waals surface area (Å²) < 4.78 is 0. The lowest BCUT2D eigenvalue weighted by molar-refractivity contribution is 0.0705. The number of nitrogens with zero attached hydrogens (tertiary/aromatic N) is 1. The Balaban J connectivity index is 1.95. The zero-order chi connectivity index (χ0) is 15.2. The summed E-state index contributed by atoms with van der Waals surface area (Å²) in [7, 11) is 0. The summed E-state index contributed by atoms with van der Waals surface area (Å²) in [6.45, 7) is 4.68. The first-order valence-corrected chi connectivity index (χ1v) is 7.54. The third-order valence-electron chi connectivity index (χ3n) is 3.86. The fourth-order valence-electron chi connectivity index (χ4n) is 2.62. The number of amides is 2. The lowest BCUT2D eigenvalue weighted by atomic mass is 10.0. The topological polar surface area (TPSA) is 75.4 Å². The molecular weight excluding hydrogens is 266 g/mol. The molecule has 5 nitrogen and oxygen atoms in total. The molecule has 0 aromatic heterocycles. The van der Waals surface area contributed by atoms with Crippen LogP contribution in [-0.2, 0) is 0 Å². The largest absolute Gasteiger partial charge is 0.366 e. The quantitative estimate of drug-likeness (QED) is 0.860. The first-order valence-electron chi connectivity index (χ1n) is 7.54. The lowest BCUT2D eigenvalue weighted by Gasteiger charge is -2.32. The summed E-state index contributed by atoms with van der Waals surface area (Å²) in [6.07, 6.45) is 3.07. The highest BCUT2D eigenvalue weighted by Gasteiger charge is 2.23. The van der Waals surface area contributed by atoms with E-state index in [9.17, 15) is 9.59 Å². The van der Waals surface area contributed by atoms with Gasteiger partial charge in [-0.25, -0.2) is 0 Å². The molecule has 1 aromatic carbocycles. The number of nitrogens with two attached hydrogens (primary N) is 1.